The standard InChI is InChI=1S/C12H22N2O3/c1-7-5-8(2)14(6-7)12(17)13-10(4)9(3)11(15)16/h7-10H,5-6H2,1-4H3,(H,13,17)(H,15,16). The first-order valence-electron chi connectivity index (χ1n) is 6.12. The summed E-state index contributed by atoms with van der Waals surface area (Å²) in [7, 11) is 0. The van der Waals surface area contributed by atoms with E-state index in [1.807, 2.05) is 6.92 Å². The van der Waals surface area contributed by atoms with Crippen LogP contribution in [0.3, 0.4) is 0 Å². The number of likely N-dealkylation sites (tertiary alicyclic amines) is 1. The van der Waals surface area contributed by atoms with Gasteiger partial charge < -0.3 is 15.3 Å². The molecule has 1 fully saturated rings. The number of rotatable bonds is 3. The predicted molar refractivity (Wildman–Crippen MR) is 64.7 cm³/mol. The molecule has 1 aliphatic heterocycles. The summed E-state index contributed by atoms with van der Waals surface area (Å²) < 4.78 is 0. The third-order valence-electron chi connectivity index (χ3n) is 3.54. The van der Waals surface area contributed by atoms with Crippen LogP contribution in [0.2, 0.25) is 0 Å². The van der Waals surface area contributed by atoms with Crippen molar-refractivity contribution in [3.8, 4) is 0 Å². The number of amides is 2. The lowest BCUT2D eigenvalue weighted by molar-refractivity contribution is -0.141. The molecule has 5 heteroatoms. The van der Waals surface area contributed by atoms with Gasteiger partial charge in [0.2, 0.25) is 0 Å². The van der Waals surface area contributed by atoms with E-state index in [9.17, 15) is 9.59 Å². The van der Waals surface area contributed by atoms with Gasteiger partial charge in [-0.05, 0) is 33.1 Å². The van der Waals surface area contributed by atoms with Crippen LogP contribution in [0.15, 0.2) is 0 Å². The van der Waals surface area contributed by atoms with Crippen LogP contribution in [0.25, 0.3) is 0 Å². The van der Waals surface area contributed by atoms with E-state index in [0.29, 0.717) is 5.92 Å². The number of nitrogens with zero attached hydrogens (tertiary/aromatic N) is 1. The van der Waals surface area contributed by atoms with E-state index in [0.717, 1.165) is 13.0 Å². The van der Waals surface area contributed by atoms with Crippen molar-refractivity contribution in [1.82, 2.24) is 10.2 Å². The Morgan fingerprint density at radius 3 is 2.35 bits per heavy atom. The molecule has 0 spiro atoms. The molecule has 1 rings (SSSR count). The van der Waals surface area contributed by atoms with Crippen molar-refractivity contribution >= 4 is 12.0 Å². The van der Waals surface area contributed by atoms with Gasteiger partial charge in [-0.3, -0.25) is 4.79 Å². The Morgan fingerprint density at radius 2 is 1.94 bits per heavy atom. The average molecular weight is 242 g/mol. The molecule has 1 aliphatic rings. The third kappa shape index (κ3) is 3.35. The molecule has 4 atom stereocenters. The number of hydrogen-bond donors (Lipinski definition) is 2. The molecule has 17 heavy (non-hydrogen) atoms. The van der Waals surface area contributed by atoms with E-state index in [4.69, 9.17) is 5.11 Å². The zero-order valence-electron chi connectivity index (χ0n) is 10.9. The second kappa shape index (κ2) is 5.38. The largest absolute Gasteiger partial charge is 0.481 e. The number of carbonyl (C=O) groups is 2. The van der Waals surface area contributed by atoms with Gasteiger partial charge in [-0.25, -0.2) is 4.79 Å². The molecule has 0 saturated carbocycles. The van der Waals surface area contributed by atoms with Gasteiger partial charge in [0, 0.05) is 18.6 Å². The Bertz CT molecular complexity index is 306. The number of carbonyl (C=O) groups excluding carboxylic acids is 1. The van der Waals surface area contributed by atoms with Crippen molar-refractivity contribution in [1.29, 1.82) is 0 Å². The van der Waals surface area contributed by atoms with Crippen molar-refractivity contribution in [2.75, 3.05) is 6.54 Å². The van der Waals surface area contributed by atoms with Crippen LogP contribution in [0.5, 0.6) is 0 Å². The molecule has 1 saturated heterocycles. The van der Waals surface area contributed by atoms with Gasteiger partial charge in [-0.1, -0.05) is 6.92 Å². The number of hydrogen-bond acceptors (Lipinski definition) is 2. The summed E-state index contributed by atoms with van der Waals surface area (Å²) in [5, 5.41) is 11.6. The van der Waals surface area contributed by atoms with Crippen molar-refractivity contribution in [3.63, 3.8) is 0 Å². The van der Waals surface area contributed by atoms with E-state index in [2.05, 4.69) is 12.2 Å². The fourth-order valence-corrected chi connectivity index (χ4v) is 2.20. The Kier molecular flexibility index (Phi) is 4.37. The minimum absolute atomic E-state index is 0.151. The molecule has 98 valence electrons. The van der Waals surface area contributed by atoms with Crippen LogP contribution in [0, 0.1) is 11.8 Å². The van der Waals surface area contributed by atoms with Gasteiger partial charge >= 0.3 is 12.0 Å². The number of carboxylic acid groups (broad SMARTS) is 1. The lowest BCUT2D eigenvalue weighted by Gasteiger charge is -2.26. The number of nitrogens with one attached hydrogen (secondary N) is 1. The number of urea groups is 1. The first-order valence-corrected chi connectivity index (χ1v) is 6.12. The summed E-state index contributed by atoms with van der Waals surface area (Å²) in [5.41, 5.74) is 0. The molecule has 2 N–H and O–H groups in total. The molecule has 0 aromatic rings. The van der Waals surface area contributed by atoms with E-state index in [-0.39, 0.29) is 18.1 Å². The fourth-order valence-electron chi connectivity index (χ4n) is 2.20. The number of carboxylic acids is 1. The molecular formula is C12H22N2O3. The first-order chi connectivity index (χ1) is 7.82. The SMILES string of the molecule is CC1CC(C)N(C(=O)NC(C)C(C)C(=O)O)C1. The zero-order chi connectivity index (χ0) is 13.2. The minimum Gasteiger partial charge on any atom is -0.481 e. The maximum Gasteiger partial charge on any atom is 0.317 e. The lowest BCUT2D eigenvalue weighted by atomic mass is 10.0. The molecule has 2 amide bonds. The maximum absolute atomic E-state index is 12.0. The van der Waals surface area contributed by atoms with Crippen molar-refractivity contribution in [2.45, 2.75) is 46.2 Å². The van der Waals surface area contributed by atoms with Crippen LogP contribution in [0.4, 0.5) is 4.79 Å². The van der Waals surface area contributed by atoms with Crippen LogP contribution in [0.1, 0.15) is 34.1 Å². The molecule has 5 nitrogen and oxygen atoms in total. The highest BCUT2D eigenvalue weighted by atomic mass is 16.4. The van der Waals surface area contributed by atoms with Crippen LogP contribution >= 0.6 is 0 Å². The smallest absolute Gasteiger partial charge is 0.317 e. The average Bonchev–Trinajstić information content (AvgIpc) is 2.56. The van der Waals surface area contributed by atoms with Gasteiger partial charge in [-0.2, -0.15) is 0 Å². The van der Waals surface area contributed by atoms with Gasteiger partial charge in [0.05, 0.1) is 5.92 Å². The van der Waals surface area contributed by atoms with Gasteiger partial charge in [0.1, 0.15) is 0 Å². The monoisotopic (exact) mass is 242 g/mol. The van der Waals surface area contributed by atoms with E-state index in [1.165, 1.54) is 0 Å². The molecule has 0 aliphatic carbocycles. The normalized spacial score (nSPS) is 27.6. The number of aliphatic carboxylic acids is 1. The van der Waals surface area contributed by atoms with Gasteiger partial charge in [0.15, 0.2) is 0 Å². The summed E-state index contributed by atoms with van der Waals surface area (Å²) in [6.07, 6.45) is 1.01. The summed E-state index contributed by atoms with van der Waals surface area (Å²) >= 11 is 0. The van der Waals surface area contributed by atoms with Crippen LogP contribution < -0.4 is 5.32 Å². The highest BCUT2D eigenvalue weighted by molar-refractivity contribution is 5.77. The van der Waals surface area contributed by atoms with Crippen molar-refractivity contribution in [3.05, 3.63) is 0 Å². The third-order valence-corrected chi connectivity index (χ3v) is 3.54. The van der Waals surface area contributed by atoms with Crippen LogP contribution in [-0.2, 0) is 4.79 Å². The zero-order valence-corrected chi connectivity index (χ0v) is 10.9. The van der Waals surface area contributed by atoms with Gasteiger partial charge in [0.25, 0.3) is 0 Å². The second-order valence-corrected chi connectivity index (χ2v) is 5.21. The summed E-state index contributed by atoms with van der Waals surface area (Å²) in [4.78, 5) is 24.5. The summed E-state index contributed by atoms with van der Waals surface area (Å²) in [6, 6.07) is -0.275. The first kappa shape index (κ1) is 13.8. The Hall–Kier alpha value is -1.26. The predicted octanol–water partition coefficient (Wildman–Crippen LogP) is 1.54. The Morgan fingerprint density at radius 1 is 1.35 bits per heavy atom. The molecule has 0 bridgehead atoms. The molecule has 1 heterocycles. The molecule has 0 aromatic carbocycles. The van der Waals surface area contributed by atoms with E-state index >= 15 is 0 Å². The maximum atomic E-state index is 12.0. The second-order valence-electron chi connectivity index (χ2n) is 5.21. The van der Waals surface area contributed by atoms with Crippen LogP contribution in [-0.4, -0.2) is 40.6 Å². The topological polar surface area (TPSA) is 69.6 Å². The van der Waals surface area contributed by atoms with Crippen molar-refractivity contribution < 1.29 is 14.7 Å². The molecular weight excluding hydrogens is 220 g/mol. The molecule has 0 radical (unpaired) electrons. The Balaban J connectivity index is 2.52. The highest BCUT2D eigenvalue weighted by Gasteiger charge is 2.31. The highest BCUT2D eigenvalue weighted by Crippen LogP contribution is 2.22. The quantitative estimate of drug-likeness (QED) is 0.788. The van der Waals surface area contributed by atoms with Crippen molar-refractivity contribution in [2.24, 2.45) is 11.8 Å². The van der Waals surface area contributed by atoms with E-state index < -0.39 is 11.9 Å². The summed E-state index contributed by atoms with van der Waals surface area (Å²) in [5.74, 6) is -0.946. The molecule has 4 unspecified atom stereocenters. The summed E-state index contributed by atoms with van der Waals surface area (Å²) in [6.45, 7) is 8.22. The fraction of sp³-hybridized carbons (Fsp3) is 0.833. The van der Waals surface area contributed by atoms with Gasteiger partial charge in [-0.15, -0.1) is 0 Å². The Labute approximate surface area is 102 Å². The lowest BCUT2D eigenvalue weighted by Crippen LogP contribution is -2.48. The molecule has 0 aromatic heterocycles. The van der Waals surface area contributed by atoms with E-state index in [1.54, 1.807) is 18.7 Å². The minimum atomic E-state index is -0.888.